The number of rotatable bonds is 6. The average molecular weight is 447 g/mol. The van der Waals surface area contributed by atoms with Crippen molar-refractivity contribution < 1.29 is 14.3 Å². The molecule has 0 fully saturated rings. The second-order valence-corrected chi connectivity index (χ2v) is 8.54. The smallest absolute Gasteiger partial charge is 0.326 e. The van der Waals surface area contributed by atoms with Crippen molar-refractivity contribution in [3.8, 4) is 22.8 Å². The van der Waals surface area contributed by atoms with Gasteiger partial charge in [0.1, 0.15) is 0 Å². The van der Waals surface area contributed by atoms with E-state index in [1.54, 1.807) is 11.1 Å². The van der Waals surface area contributed by atoms with Crippen LogP contribution in [0.15, 0.2) is 53.8 Å². The average Bonchev–Trinajstić information content (AvgIpc) is 3.45. The maximum absolute atomic E-state index is 13.5. The number of carbonyl (C=O) groups is 1. The number of aromatic amines is 1. The van der Waals surface area contributed by atoms with Crippen molar-refractivity contribution in [1.29, 1.82) is 0 Å². The Morgan fingerprint density at radius 2 is 2.12 bits per heavy atom. The topological polar surface area (TPSA) is 128 Å². The zero-order chi connectivity index (χ0) is 23.4. The van der Waals surface area contributed by atoms with Crippen LogP contribution in [0.3, 0.4) is 0 Å². The molecule has 170 valence electrons. The first-order valence-electron chi connectivity index (χ1n) is 10.5. The Morgan fingerprint density at radius 3 is 2.85 bits per heavy atom. The summed E-state index contributed by atoms with van der Waals surface area (Å²) in [5, 5.41) is 13.5. The molecular formula is C23H25N7O3. The molecule has 10 nitrogen and oxygen atoms in total. The Balaban J connectivity index is 1.66. The van der Waals surface area contributed by atoms with Gasteiger partial charge in [0.2, 0.25) is 6.79 Å². The highest BCUT2D eigenvalue weighted by Gasteiger charge is 2.31. The first-order chi connectivity index (χ1) is 15.9. The number of hydrogen-bond donors (Lipinski definition) is 2. The number of aromatic nitrogens is 2. The fourth-order valence-corrected chi connectivity index (χ4v) is 3.75. The Morgan fingerprint density at radius 1 is 1.27 bits per heavy atom. The van der Waals surface area contributed by atoms with Gasteiger partial charge in [-0.25, -0.2) is 4.79 Å². The Kier molecular flexibility index (Phi) is 6.10. The zero-order valence-corrected chi connectivity index (χ0v) is 18.7. The number of urea groups is 1. The number of ether oxygens (including phenoxy) is 2. The van der Waals surface area contributed by atoms with Crippen LogP contribution in [-0.4, -0.2) is 35.1 Å². The Hall–Kier alpha value is -4.17. The largest absolute Gasteiger partial charge is 0.453 e. The number of nitrogens with zero attached hydrogens (tertiary/aromatic N) is 5. The predicted octanol–water partition coefficient (Wildman–Crippen LogP) is 5.50. The quantitative estimate of drug-likeness (QED) is 0.294. The molecule has 0 atom stereocenters. The molecule has 2 amide bonds. The van der Waals surface area contributed by atoms with Gasteiger partial charge in [0, 0.05) is 40.5 Å². The van der Waals surface area contributed by atoms with Crippen molar-refractivity contribution in [3.05, 3.63) is 64.7 Å². The lowest BCUT2D eigenvalue weighted by Gasteiger charge is -2.36. The third kappa shape index (κ3) is 4.86. The van der Waals surface area contributed by atoms with Gasteiger partial charge in [-0.15, -0.1) is 0 Å². The molecule has 2 aromatic carbocycles. The molecule has 0 saturated carbocycles. The number of amides is 2. The summed E-state index contributed by atoms with van der Waals surface area (Å²) in [5.74, 6) is 1.18. The van der Waals surface area contributed by atoms with Crippen molar-refractivity contribution in [2.75, 3.05) is 23.6 Å². The molecule has 33 heavy (non-hydrogen) atoms. The summed E-state index contributed by atoms with van der Waals surface area (Å²) in [6.07, 6.45) is 2.25. The summed E-state index contributed by atoms with van der Waals surface area (Å²) >= 11 is 0. The van der Waals surface area contributed by atoms with Crippen LogP contribution in [0, 0.1) is 0 Å². The molecule has 2 N–H and O–H groups in total. The van der Waals surface area contributed by atoms with E-state index in [0.717, 1.165) is 16.8 Å². The van der Waals surface area contributed by atoms with Gasteiger partial charge in [0.25, 0.3) is 0 Å². The monoisotopic (exact) mass is 447 g/mol. The second kappa shape index (κ2) is 9.13. The molecule has 0 saturated heterocycles. The molecule has 3 aromatic rings. The number of carbonyl (C=O) groups excluding carboxylic acids is 1. The number of hydrogen-bond acceptors (Lipinski definition) is 5. The molecule has 1 aromatic heterocycles. The van der Waals surface area contributed by atoms with Crippen molar-refractivity contribution in [2.45, 2.75) is 32.7 Å². The van der Waals surface area contributed by atoms with Crippen LogP contribution in [0.4, 0.5) is 16.2 Å². The van der Waals surface area contributed by atoms with E-state index >= 15 is 0 Å². The summed E-state index contributed by atoms with van der Waals surface area (Å²) < 4.78 is 11.3. The van der Waals surface area contributed by atoms with Gasteiger partial charge in [-0.05, 0) is 62.6 Å². The van der Waals surface area contributed by atoms with Gasteiger partial charge >= 0.3 is 6.03 Å². The molecule has 1 aliphatic heterocycles. The van der Waals surface area contributed by atoms with Gasteiger partial charge in [-0.3, -0.25) is 10.00 Å². The normalized spacial score (nSPS) is 12.2. The van der Waals surface area contributed by atoms with Crippen LogP contribution in [0.5, 0.6) is 11.5 Å². The summed E-state index contributed by atoms with van der Waals surface area (Å²) in [4.78, 5) is 17.9. The fraction of sp³-hybridized carbons (Fsp3) is 0.304. The summed E-state index contributed by atoms with van der Waals surface area (Å²) in [6.45, 7) is 6.36. The molecule has 0 aliphatic carbocycles. The van der Waals surface area contributed by atoms with Gasteiger partial charge in [0.05, 0.1) is 11.4 Å². The van der Waals surface area contributed by atoms with Crippen LogP contribution in [0.25, 0.3) is 21.7 Å². The maximum Gasteiger partial charge on any atom is 0.326 e. The highest BCUT2D eigenvalue weighted by molar-refractivity contribution is 6.03. The van der Waals surface area contributed by atoms with Crippen LogP contribution in [0.2, 0.25) is 0 Å². The number of anilines is 2. The predicted molar refractivity (Wildman–Crippen MR) is 126 cm³/mol. The highest BCUT2D eigenvalue weighted by atomic mass is 16.7. The minimum Gasteiger partial charge on any atom is -0.453 e. The van der Waals surface area contributed by atoms with Gasteiger partial charge in [-0.2, -0.15) is 5.10 Å². The van der Waals surface area contributed by atoms with Crippen LogP contribution >= 0.6 is 0 Å². The minimum absolute atomic E-state index is 0.115. The number of H-pyrrole nitrogens is 1. The lowest BCUT2D eigenvalue weighted by Crippen LogP contribution is -2.48. The van der Waals surface area contributed by atoms with Crippen molar-refractivity contribution in [1.82, 2.24) is 10.2 Å². The standard InChI is InChI=1S/C23H25N7O3/c1-23(2,3)30(22(31)27-16-6-4-5-15(11-16)7-9-26-29-24)17-12-18(19-8-10-25-28-19)21-20(13-17)32-14-33-21/h4-6,8,10-13H,7,9,14H2,1-3H3,(H,25,28)(H,27,31). The molecule has 0 spiro atoms. The molecule has 0 radical (unpaired) electrons. The van der Waals surface area contributed by atoms with Crippen molar-refractivity contribution in [3.63, 3.8) is 0 Å². The maximum atomic E-state index is 13.5. The fourth-order valence-electron chi connectivity index (χ4n) is 3.75. The zero-order valence-electron chi connectivity index (χ0n) is 18.7. The number of nitrogens with one attached hydrogen (secondary N) is 2. The highest BCUT2D eigenvalue weighted by Crippen LogP contribution is 2.45. The first kappa shape index (κ1) is 22.0. The van der Waals surface area contributed by atoms with Crippen LogP contribution in [0.1, 0.15) is 26.3 Å². The molecule has 0 unspecified atom stereocenters. The first-order valence-corrected chi connectivity index (χ1v) is 10.5. The summed E-state index contributed by atoms with van der Waals surface area (Å²) in [7, 11) is 0. The van der Waals surface area contributed by atoms with E-state index in [1.807, 2.05) is 63.2 Å². The number of benzene rings is 2. The Labute approximate surface area is 191 Å². The number of azide groups is 1. The second-order valence-electron chi connectivity index (χ2n) is 8.54. The van der Waals surface area contributed by atoms with Crippen molar-refractivity contribution >= 4 is 17.4 Å². The SMILES string of the molecule is CC(C)(C)N(C(=O)Nc1cccc(CCN=[N+]=[N-])c1)c1cc2c(c(-c3ccn[nH]3)c1)OCO2. The third-order valence-electron chi connectivity index (χ3n) is 5.12. The molecule has 1 aliphatic rings. The van der Waals surface area contributed by atoms with Gasteiger partial charge < -0.3 is 14.8 Å². The minimum atomic E-state index is -0.540. The third-order valence-corrected chi connectivity index (χ3v) is 5.12. The molecule has 2 heterocycles. The van der Waals surface area contributed by atoms with E-state index in [9.17, 15) is 4.79 Å². The van der Waals surface area contributed by atoms with E-state index in [-0.39, 0.29) is 12.8 Å². The van der Waals surface area contributed by atoms with E-state index in [1.165, 1.54) is 0 Å². The van der Waals surface area contributed by atoms with Crippen LogP contribution in [-0.2, 0) is 6.42 Å². The molecule has 10 heteroatoms. The van der Waals surface area contributed by atoms with E-state index < -0.39 is 5.54 Å². The number of fused-ring (bicyclic) bond motifs is 1. The van der Waals surface area contributed by atoms with Gasteiger partial charge in [-0.1, -0.05) is 17.2 Å². The van der Waals surface area contributed by atoms with E-state index in [4.69, 9.17) is 15.0 Å². The lowest BCUT2D eigenvalue weighted by atomic mass is 10.0. The summed E-state index contributed by atoms with van der Waals surface area (Å²) in [5.41, 5.74) is 11.7. The van der Waals surface area contributed by atoms with E-state index in [2.05, 4.69) is 25.5 Å². The van der Waals surface area contributed by atoms with Gasteiger partial charge in [0.15, 0.2) is 11.5 Å². The molecular weight excluding hydrogens is 422 g/mol. The van der Waals surface area contributed by atoms with E-state index in [0.29, 0.717) is 35.8 Å². The molecule has 0 bridgehead atoms. The lowest BCUT2D eigenvalue weighted by molar-refractivity contribution is 0.174. The molecule has 4 rings (SSSR count). The van der Waals surface area contributed by atoms with Crippen molar-refractivity contribution in [2.24, 2.45) is 5.11 Å². The Bertz CT molecular complexity index is 1200. The van der Waals surface area contributed by atoms with Crippen LogP contribution < -0.4 is 19.7 Å². The summed E-state index contributed by atoms with van der Waals surface area (Å²) in [6, 6.07) is 12.7.